The van der Waals surface area contributed by atoms with Crippen molar-refractivity contribution in [3.8, 4) is 0 Å². The molecular weight excluding hydrogens is 352 g/mol. The topological polar surface area (TPSA) is 6.25 Å². The summed E-state index contributed by atoms with van der Waals surface area (Å²) in [6.07, 6.45) is 2.33. The maximum absolute atomic E-state index is 2.44. The minimum atomic E-state index is 0.516. The first-order valence-electron chi connectivity index (χ1n) is 11.3. The molecule has 0 atom stereocenters. The summed E-state index contributed by atoms with van der Waals surface area (Å²) in [4.78, 5) is 2.44. The summed E-state index contributed by atoms with van der Waals surface area (Å²) in [6, 6.07) is 14.1. The van der Waals surface area contributed by atoms with Gasteiger partial charge < -0.3 is 0 Å². The van der Waals surface area contributed by atoms with Crippen molar-refractivity contribution in [3.05, 3.63) is 58.7 Å². The Morgan fingerprint density at radius 3 is 1.79 bits per heavy atom. The van der Waals surface area contributed by atoms with Crippen LogP contribution in [0.4, 0.5) is 11.4 Å². The standard InChI is InChI=1S/C27H39N2/c1-18(2)22-9-11-26(24(15-22)20(5)6)28-13-14-29(17-28)27-12-10-23(19(3)4)16-25(27)21(7)8/h9-12,15-21H,13-14H2,1-8H3/q+1. The third-order valence-electron chi connectivity index (χ3n) is 6.16. The van der Waals surface area contributed by atoms with E-state index >= 15 is 0 Å². The predicted octanol–water partition coefficient (Wildman–Crippen LogP) is 7.37. The summed E-state index contributed by atoms with van der Waals surface area (Å²) < 4.78 is 2.44. The fourth-order valence-electron chi connectivity index (χ4n) is 4.18. The van der Waals surface area contributed by atoms with Crippen molar-refractivity contribution >= 4 is 17.7 Å². The summed E-state index contributed by atoms with van der Waals surface area (Å²) in [6.45, 7) is 20.4. The molecule has 2 aromatic rings. The zero-order valence-corrected chi connectivity index (χ0v) is 19.7. The molecule has 0 fully saturated rings. The molecule has 2 aromatic carbocycles. The third kappa shape index (κ3) is 4.57. The second kappa shape index (κ2) is 8.73. The van der Waals surface area contributed by atoms with Gasteiger partial charge in [-0.1, -0.05) is 79.7 Å². The number of hydrogen-bond acceptors (Lipinski definition) is 1. The Kier molecular flexibility index (Phi) is 6.51. The second-order valence-electron chi connectivity index (χ2n) is 9.76. The minimum absolute atomic E-state index is 0.516. The van der Waals surface area contributed by atoms with Crippen LogP contribution in [0.15, 0.2) is 36.4 Å². The zero-order chi connectivity index (χ0) is 21.3. The average molecular weight is 392 g/mol. The zero-order valence-electron chi connectivity index (χ0n) is 19.7. The van der Waals surface area contributed by atoms with Crippen molar-refractivity contribution in [1.29, 1.82) is 0 Å². The summed E-state index contributed by atoms with van der Waals surface area (Å²) in [5, 5.41) is 0. The van der Waals surface area contributed by atoms with E-state index < -0.39 is 0 Å². The minimum Gasteiger partial charge on any atom is -0.229 e. The van der Waals surface area contributed by atoms with Gasteiger partial charge in [-0.25, -0.2) is 9.48 Å². The monoisotopic (exact) mass is 391 g/mol. The molecular formula is C27H39N2+. The van der Waals surface area contributed by atoms with Crippen molar-refractivity contribution in [3.63, 3.8) is 0 Å². The van der Waals surface area contributed by atoms with Gasteiger partial charge in [0.15, 0.2) is 0 Å². The highest BCUT2D eigenvalue weighted by Gasteiger charge is 2.27. The van der Waals surface area contributed by atoms with Crippen LogP contribution in [-0.2, 0) is 0 Å². The first-order valence-corrected chi connectivity index (χ1v) is 11.3. The van der Waals surface area contributed by atoms with Crippen LogP contribution in [0.25, 0.3) is 0 Å². The molecule has 0 radical (unpaired) electrons. The molecule has 1 aliphatic heterocycles. The van der Waals surface area contributed by atoms with Gasteiger partial charge in [0.1, 0.15) is 24.5 Å². The molecule has 2 nitrogen and oxygen atoms in total. The van der Waals surface area contributed by atoms with Crippen LogP contribution < -0.4 is 4.90 Å². The molecule has 1 aliphatic rings. The van der Waals surface area contributed by atoms with Gasteiger partial charge in [-0.2, -0.15) is 0 Å². The lowest BCUT2D eigenvalue weighted by atomic mass is 9.94. The van der Waals surface area contributed by atoms with E-state index in [1.165, 1.54) is 33.6 Å². The van der Waals surface area contributed by atoms with Crippen LogP contribution in [0.1, 0.15) is 101 Å². The molecule has 1 heterocycles. The summed E-state index contributed by atoms with van der Waals surface area (Å²) in [5.41, 5.74) is 8.48. The van der Waals surface area contributed by atoms with Gasteiger partial charge in [0.25, 0.3) is 0 Å². The molecule has 0 N–H and O–H groups in total. The largest absolute Gasteiger partial charge is 0.244 e. The summed E-state index contributed by atoms with van der Waals surface area (Å²) in [5.74, 6) is 2.16. The highest BCUT2D eigenvalue weighted by molar-refractivity contribution is 5.80. The van der Waals surface area contributed by atoms with Crippen LogP contribution in [0, 0.1) is 0 Å². The Balaban J connectivity index is 1.99. The summed E-state index contributed by atoms with van der Waals surface area (Å²) in [7, 11) is 0. The van der Waals surface area contributed by atoms with Crippen molar-refractivity contribution in [1.82, 2.24) is 0 Å². The number of rotatable bonds is 6. The van der Waals surface area contributed by atoms with Crippen LogP contribution in [-0.4, -0.2) is 24.0 Å². The molecule has 0 amide bonds. The highest BCUT2D eigenvalue weighted by atomic mass is 15.3. The SMILES string of the molecule is CC(C)c1ccc(N2C=[N+](c3ccc(C(C)C)cc3C(C)C)CC2)c(C(C)C)c1. The number of hydrogen-bond donors (Lipinski definition) is 0. The Bertz CT molecular complexity index is 887. The van der Waals surface area contributed by atoms with Gasteiger partial charge in [0.05, 0.1) is 0 Å². The number of benzene rings is 2. The van der Waals surface area contributed by atoms with Crippen molar-refractivity contribution in [2.45, 2.75) is 79.1 Å². The van der Waals surface area contributed by atoms with E-state index in [4.69, 9.17) is 0 Å². The summed E-state index contributed by atoms with van der Waals surface area (Å²) >= 11 is 0. The maximum atomic E-state index is 2.44. The molecule has 0 unspecified atom stereocenters. The average Bonchev–Trinajstić information content (AvgIpc) is 3.16. The van der Waals surface area contributed by atoms with Crippen LogP contribution in [0.2, 0.25) is 0 Å². The maximum Gasteiger partial charge on any atom is 0.244 e. The number of nitrogens with zero attached hydrogens (tertiary/aromatic N) is 2. The predicted molar refractivity (Wildman–Crippen MR) is 127 cm³/mol. The van der Waals surface area contributed by atoms with E-state index in [2.05, 4.69) is 108 Å². The molecule has 0 spiro atoms. The Hall–Kier alpha value is -2.09. The lowest BCUT2D eigenvalue weighted by molar-refractivity contribution is -0.424. The molecule has 3 rings (SSSR count). The highest BCUT2D eigenvalue weighted by Crippen LogP contribution is 2.34. The molecule has 0 aromatic heterocycles. The van der Waals surface area contributed by atoms with Gasteiger partial charge in [0.2, 0.25) is 6.34 Å². The number of anilines is 1. The van der Waals surface area contributed by atoms with Crippen LogP contribution in [0.5, 0.6) is 0 Å². The van der Waals surface area contributed by atoms with E-state index in [-0.39, 0.29) is 0 Å². The molecule has 2 heteroatoms. The molecule has 156 valence electrons. The second-order valence-corrected chi connectivity index (χ2v) is 9.76. The Morgan fingerprint density at radius 1 is 0.690 bits per heavy atom. The lowest BCUT2D eigenvalue weighted by Gasteiger charge is -2.17. The van der Waals surface area contributed by atoms with Crippen molar-refractivity contribution < 1.29 is 4.58 Å². The molecule has 29 heavy (non-hydrogen) atoms. The third-order valence-corrected chi connectivity index (χ3v) is 6.16. The van der Waals surface area contributed by atoms with E-state index in [1.807, 2.05) is 0 Å². The lowest BCUT2D eigenvalue weighted by Crippen LogP contribution is -2.20. The smallest absolute Gasteiger partial charge is 0.229 e. The van der Waals surface area contributed by atoms with E-state index in [0.717, 1.165) is 13.1 Å². The van der Waals surface area contributed by atoms with E-state index in [9.17, 15) is 0 Å². The Morgan fingerprint density at radius 2 is 1.24 bits per heavy atom. The Labute approximate surface area is 178 Å². The quantitative estimate of drug-likeness (QED) is 0.466. The van der Waals surface area contributed by atoms with Gasteiger partial charge in [-0.3, -0.25) is 0 Å². The molecule has 0 bridgehead atoms. The molecule has 0 aliphatic carbocycles. The van der Waals surface area contributed by atoms with Gasteiger partial charge in [-0.15, -0.1) is 0 Å². The fraction of sp³-hybridized carbons (Fsp3) is 0.519. The molecule has 0 saturated carbocycles. The van der Waals surface area contributed by atoms with Gasteiger partial charge in [-0.05, 0) is 46.9 Å². The van der Waals surface area contributed by atoms with E-state index in [1.54, 1.807) is 0 Å². The van der Waals surface area contributed by atoms with Crippen molar-refractivity contribution in [2.24, 2.45) is 0 Å². The van der Waals surface area contributed by atoms with Crippen molar-refractivity contribution in [2.75, 3.05) is 18.0 Å². The van der Waals surface area contributed by atoms with E-state index in [0.29, 0.717) is 23.7 Å². The fourth-order valence-corrected chi connectivity index (χ4v) is 4.18. The van der Waals surface area contributed by atoms with Gasteiger partial charge >= 0.3 is 0 Å². The van der Waals surface area contributed by atoms with Crippen LogP contribution >= 0.6 is 0 Å². The van der Waals surface area contributed by atoms with Crippen LogP contribution in [0.3, 0.4) is 0 Å². The van der Waals surface area contributed by atoms with Gasteiger partial charge in [0, 0.05) is 11.1 Å². The normalized spacial score (nSPS) is 14.6. The first-order chi connectivity index (χ1) is 13.7. The first kappa shape index (κ1) is 21.6. The molecule has 0 saturated heterocycles.